The molecule has 0 saturated heterocycles. The molecule has 1 N–H and O–H groups in total. The zero-order valence-electron chi connectivity index (χ0n) is 8.74. The summed E-state index contributed by atoms with van der Waals surface area (Å²) in [6, 6.07) is 8.31. The maximum absolute atomic E-state index is 12.9. The number of nitrogens with one attached hydrogen (secondary N) is 1. The maximum atomic E-state index is 12.9. The first kappa shape index (κ1) is 10.5. The topological polar surface area (TPSA) is 28.7 Å². The zero-order valence-corrected chi connectivity index (χ0v) is 10.3. The first-order valence-electron chi connectivity index (χ1n) is 5.13. The molecule has 4 heteroatoms. The summed E-state index contributed by atoms with van der Waals surface area (Å²) in [6.07, 6.45) is 3.62. The van der Waals surface area contributed by atoms with Gasteiger partial charge in [0.1, 0.15) is 5.82 Å². The molecule has 0 aliphatic heterocycles. The second-order valence-corrected chi connectivity index (χ2v) is 4.58. The Bertz CT molecular complexity index is 673. The van der Waals surface area contributed by atoms with Gasteiger partial charge in [-0.05, 0) is 46.3 Å². The molecule has 0 aliphatic carbocycles. The molecule has 0 bridgehead atoms. The molecule has 0 fully saturated rings. The molecule has 1 aromatic carbocycles. The molecule has 0 spiro atoms. The summed E-state index contributed by atoms with van der Waals surface area (Å²) in [5.41, 5.74) is 2.67. The number of rotatable bonds is 1. The van der Waals surface area contributed by atoms with Crippen molar-refractivity contribution >= 4 is 26.8 Å². The number of nitrogens with zero attached hydrogens (tertiary/aromatic N) is 1. The predicted octanol–water partition coefficient (Wildman–Crippen LogP) is 4.13. The molecule has 2 heterocycles. The third kappa shape index (κ3) is 1.74. The minimum atomic E-state index is -0.242. The fourth-order valence-corrected chi connectivity index (χ4v) is 2.28. The van der Waals surface area contributed by atoms with Crippen LogP contribution >= 0.6 is 15.9 Å². The molecule has 0 amide bonds. The normalized spacial score (nSPS) is 10.9. The van der Waals surface area contributed by atoms with Gasteiger partial charge >= 0.3 is 0 Å². The van der Waals surface area contributed by atoms with Gasteiger partial charge in [-0.2, -0.15) is 0 Å². The smallest absolute Gasteiger partial charge is 0.123 e. The lowest BCUT2D eigenvalue weighted by atomic mass is 10.1. The number of halogens is 2. The lowest BCUT2D eigenvalue weighted by molar-refractivity contribution is 0.628. The first-order chi connectivity index (χ1) is 8.25. The highest BCUT2D eigenvalue weighted by molar-refractivity contribution is 9.10. The van der Waals surface area contributed by atoms with Crippen molar-refractivity contribution in [2.45, 2.75) is 0 Å². The molecule has 2 nitrogen and oxygen atoms in total. The van der Waals surface area contributed by atoms with E-state index in [1.54, 1.807) is 18.3 Å². The minimum absolute atomic E-state index is 0.242. The third-order valence-electron chi connectivity index (χ3n) is 2.67. The highest BCUT2D eigenvalue weighted by Crippen LogP contribution is 2.30. The van der Waals surface area contributed by atoms with Gasteiger partial charge in [-0.15, -0.1) is 0 Å². The number of benzene rings is 1. The van der Waals surface area contributed by atoms with Crippen molar-refractivity contribution in [3.8, 4) is 11.3 Å². The zero-order chi connectivity index (χ0) is 11.8. The van der Waals surface area contributed by atoms with Crippen molar-refractivity contribution in [3.63, 3.8) is 0 Å². The van der Waals surface area contributed by atoms with Crippen LogP contribution in [0.2, 0.25) is 0 Å². The summed E-state index contributed by atoms with van der Waals surface area (Å²) >= 11 is 3.45. The molecular formula is C13H8BrFN2. The van der Waals surface area contributed by atoms with Gasteiger partial charge in [0, 0.05) is 27.8 Å². The second kappa shape index (κ2) is 3.96. The van der Waals surface area contributed by atoms with Gasteiger partial charge < -0.3 is 4.98 Å². The predicted molar refractivity (Wildman–Crippen MR) is 69.2 cm³/mol. The van der Waals surface area contributed by atoms with Crippen LogP contribution in [0.3, 0.4) is 0 Å². The average molecular weight is 291 g/mol. The largest absolute Gasteiger partial charge is 0.359 e. The van der Waals surface area contributed by atoms with Crippen molar-refractivity contribution in [3.05, 3.63) is 53.0 Å². The summed E-state index contributed by atoms with van der Waals surface area (Å²) in [5, 5.41) is 1.07. The summed E-state index contributed by atoms with van der Waals surface area (Å²) in [7, 11) is 0. The number of aromatic nitrogens is 2. The SMILES string of the molecule is Fc1ccc(-c2ncc(Br)c3cc[nH]c23)cc1. The fourth-order valence-electron chi connectivity index (χ4n) is 1.85. The van der Waals surface area contributed by atoms with Crippen LogP contribution in [-0.4, -0.2) is 9.97 Å². The Morgan fingerprint density at radius 3 is 2.65 bits per heavy atom. The first-order valence-corrected chi connectivity index (χ1v) is 5.92. The van der Waals surface area contributed by atoms with Gasteiger partial charge in [-0.3, -0.25) is 4.98 Å². The van der Waals surface area contributed by atoms with E-state index in [1.807, 2.05) is 12.3 Å². The third-order valence-corrected chi connectivity index (χ3v) is 3.30. The Morgan fingerprint density at radius 1 is 1.12 bits per heavy atom. The Labute approximate surface area is 106 Å². The number of hydrogen-bond donors (Lipinski definition) is 1. The Balaban J connectivity index is 2.27. The molecule has 2 aromatic heterocycles. The van der Waals surface area contributed by atoms with E-state index in [1.165, 1.54) is 12.1 Å². The van der Waals surface area contributed by atoms with Gasteiger partial charge in [0.15, 0.2) is 0 Å². The van der Waals surface area contributed by atoms with Crippen LogP contribution in [0, 0.1) is 5.82 Å². The molecule has 0 saturated carbocycles. The van der Waals surface area contributed by atoms with E-state index in [9.17, 15) is 4.39 Å². The number of hydrogen-bond acceptors (Lipinski definition) is 1. The van der Waals surface area contributed by atoms with E-state index >= 15 is 0 Å². The van der Waals surface area contributed by atoms with Gasteiger partial charge in [0.05, 0.1) is 11.2 Å². The average Bonchev–Trinajstić information content (AvgIpc) is 2.81. The number of H-pyrrole nitrogens is 1. The van der Waals surface area contributed by atoms with Crippen LogP contribution in [0.1, 0.15) is 0 Å². The lowest BCUT2D eigenvalue weighted by Gasteiger charge is -2.03. The Hall–Kier alpha value is -1.68. The van der Waals surface area contributed by atoms with Gasteiger partial charge in [0.25, 0.3) is 0 Å². The van der Waals surface area contributed by atoms with Crippen molar-refractivity contribution in [2.24, 2.45) is 0 Å². The molecule has 0 atom stereocenters. The van der Waals surface area contributed by atoms with Gasteiger partial charge in [-0.25, -0.2) is 4.39 Å². The van der Waals surface area contributed by atoms with Gasteiger partial charge in [-0.1, -0.05) is 0 Å². The van der Waals surface area contributed by atoms with Crippen molar-refractivity contribution < 1.29 is 4.39 Å². The van der Waals surface area contributed by atoms with Crippen LogP contribution in [0.4, 0.5) is 4.39 Å². The van der Waals surface area contributed by atoms with Crippen LogP contribution in [0.15, 0.2) is 47.2 Å². The summed E-state index contributed by atoms with van der Waals surface area (Å²) in [6.45, 7) is 0. The van der Waals surface area contributed by atoms with Crippen LogP contribution in [0.5, 0.6) is 0 Å². The summed E-state index contributed by atoms with van der Waals surface area (Å²) in [4.78, 5) is 7.53. The van der Waals surface area contributed by atoms with Crippen molar-refractivity contribution in [1.29, 1.82) is 0 Å². The number of pyridine rings is 1. The van der Waals surface area contributed by atoms with E-state index < -0.39 is 0 Å². The minimum Gasteiger partial charge on any atom is -0.359 e. The van der Waals surface area contributed by atoms with Crippen LogP contribution in [-0.2, 0) is 0 Å². The van der Waals surface area contributed by atoms with E-state index in [0.29, 0.717) is 0 Å². The van der Waals surface area contributed by atoms with E-state index in [0.717, 1.165) is 26.6 Å². The quantitative estimate of drug-likeness (QED) is 0.717. The molecule has 3 aromatic rings. The van der Waals surface area contributed by atoms with Crippen LogP contribution < -0.4 is 0 Å². The molecule has 0 radical (unpaired) electrons. The molecule has 0 aliphatic rings. The van der Waals surface area contributed by atoms with Crippen molar-refractivity contribution in [2.75, 3.05) is 0 Å². The second-order valence-electron chi connectivity index (χ2n) is 3.73. The van der Waals surface area contributed by atoms with Crippen molar-refractivity contribution in [1.82, 2.24) is 9.97 Å². The molecule has 0 unspecified atom stereocenters. The fraction of sp³-hybridized carbons (Fsp3) is 0. The lowest BCUT2D eigenvalue weighted by Crippen LogP contribution is -1.86. The Morgan fingerprint density at radius 2 is 1.88 bits per heavy atom. The summed E-state index contributed by atoms with van der Waals surface area (Å²) in [5.74, 6) is -0.242. The molecule has 3 rings (SSSR count). The highest BCUT2D eigenvalue weighted by Gasteiger charge is 2.08. The summed E-state index contributed by atoms with van der Waals surface area (Å²) < 4.78 is 13.8. The number of aromatic amines is 1. The van der Waals surface area contributed by atoms with Gasteiger partial charge in [0.2, 0.25) is 0 Å². The Kier molecular flexibility index (Phi) is 2.44. The number of fused-ring (bicyclic) bond motifs is 1. The molecular weight excluding hydrogens is 283 g/mol. The maximum Gasteiger partial charge on any atom is 0.123 e. The molecule has 17 heavy (non-hydrogen) atoms. The van der Waals surface area contributed by atoms with E-state index in [2.05, 4.69) is 25.9 Å². The molecule has 84 valence electrons. The monoisotopic (exact) mass is 290 g/mol. The highest BCUT2D eigenvalue weighted by atomic mass is 79.9. The van der Waals surface area contributed by atoms with E-state index in [4.69, 9.17) is 0 Å². The standard InChI is InChI=1S/C13H8BrFN2/c14-11-7-17-12(13-10(11)5-6-16-13)8-1-3-9(15)4-2-8/h1-7,16H. The van der Waals surface area contributed by atoms with Crippen LogP contribution in [0.25, 0.3) is 22.2 Å². The van der Waals surface area contributed by atoms with E-state index in [-0.39, 0.29) is 5.82 Å².